The third-order valence-electron chi connectivity index (χ3n) is 17.0. The molecule has 86 heavy (non-hydrogen) atoms. The molecule has 9 aromatic rings. The fourth-order valence-corrected chi connectivity index (χ4v) is 18.6. The monoisotopic (exact) mass is 1500 g/mol. The number of hydrogen-bond donors (Lipinski definition) is 0. The number of hydrogen-bond acceptors (Lipinski definition) is 10. The van der Waals surface area contributed by atoms with Crippen LogP contribution in [-0.2, 0) is 46.1 Å². The number of benzene rings is 9. The Morgan fingerprint density at radius 1 is 0.302 bits per heavy atom. The van der Waals surface area contributed by atoms with Crippen molar-refractivity contribution < 1.29 is 51.7 Å². The van der Waals surface area contributed by atoms with E-state index in [4.69, 9.17) is 0 Å². The van der Waals surface area contributed by atoms with Gasteiger partial charge in [-0.15, -0.1) is 0 Å². The zero-order valence-corrected chi connectivity index (χ0v) is 53.7. The predicted octanol–water partition coefficient (Wildman–Crippen LogP) is 16.5. The molecule has 0 fully saturated rings. The third kappa shape index (κ3) is 8.18. The third-order valence-corrected chi connectivity index (χ3v) is 23.1. The molecule has 0 N–H and O–H groups in total. The number of anilines is 18. The van der Waals surface area contributed by atoms with Gasteiger partial charge in [-0.3, -0.25) is 0 Å². The summed E-state index contributed by atoms with van der Waals surface area (Å²) in [7, 11) is 0. The number of fused-ring (bicyclic) bond motifs is 24. The second-order valence-corrected chi connectivity index (χ2v) is 29.5. The van der Waals surface area contributed by atoms with Gasteiger partial charge in [0.1, 0.15) is 0 Å². The molecule has 6 heterocycles. The molecule has 8 bridgehead atoms. The summed E-state index contributed by atoms with van der Waals surface area (Å²) in [6.45, 7) is 10.6. The molecule has 6 aliphatic heterocycles. The van der Waals surface area contributed by atoms with Crippen molar-refractivity contribution in [1.82, 2.24) is 0 Å². The van der Waals surface area contributed by atoms with Crippen molar-refractivity contribution >= 4 is 119 Å². The Balaban J connectivity index is 1.03. The van der Waals surface area contributed by atoms with Crippen molar-refractivity contribution in [2.45, 2.75) is 80.1 Å². The van der Waals surface area contributed by atoms with Crippen molar-refractivity contribution in [2.24, 2.45) is 0 Å². The van der Waals surface area contributed by atoms with Crippen LogP contribution in [0.5, 0.6) is 0 Å². The Hall–Kier alpha value is -8.16. The first kappa shape index (κ1) is 42.6. The summed E-state index contributed by atoms with van der Waals surface area (Å²) in [5.41, 5.74) is 15.1. The van der Waals surface area contributed by atoms with E-state index in [-0.39, 0.29) is 0 Å². The van der Waals surface area contributed by atoms with Crippen LogP contribution >= 0.6 is 0 Å². The van der Waals surface area contributed by atoms with Crippen LogP contribution in [0.1, 0.15) is 91.4 Å². The average Bonchev–Trinajstić information content (AvgIpc) is 1.50. The molecule has 15 rings (SSSR count). The van der Waals surface area contributed by atoms with Crippen molar-refractivity contribution in [1.29, 1.82) is 0 Å². The molecule has 438 valence electrons. The summed E-state index contributed by atoms with van der Waals surface area (Å²) in [4.78, 5) is 17.9. The Morgan fingerprint density at radius 3 is 0.802 bits per heavy atom. The van der Waals surface area contributed by atoms with Crippen LogP contribution < -0.4 is 49.0 Å². The van der Waals surface area contributed by atoms with E-state index < -0.39 is 74.0 Å². The van der Waals surface area contributed by atoms with Gasteiger partial charge in [0.05, 0.1) is 0 Å². The van der Waals surface area contributed by atoms with Gasteiger partial charge in [-0.2, -0.15) is 0 Å². The molecule has 6 aliphatic rings. The van der Waals surface area contributed by atoms with Gasteiger partial charge < -0.3 is 0 Å². The van der Waals surface area contributed by atoms with Gasteiger partial charge in [-0.05, 0) is 0 Å². The Morgan fingerprint density at radius 2 is 0.535 bits per heavy atom. The zero-order valence-electron chi connectivity index (χ0n) is 61.1. The minimum atomic E-state index is -2.70. The fourth-order valence-electron chi connectivity index (χ4n) is 12.3. The SMILES string of the molecule is [2H]C([2H])([2H])N1[C]2=[Pt]=[C]3N(c4[c-]c(cc(C(C)(C)C)c4)N(c4c(C)c(C)c(N5c6[c-]c(ccc6)N6[C](=[Pt]=[C]7N(c8[c-]c5cc(C(C)(C)C)c8)c5ccccc5N7C([2H])([2H])[2H])N(C([2H])([2H])[2H])c5ccccc56)c(C)c4C)c4[c-]c(ccc4)N2c2ccccc21)c1ccccc1N3C([2H])([2H])[2H]. The minimum absolute atomic E-state index is 0.420. The first-order valence-corrected chi connectivity index (χ1v) is 33.0. The fraction of sp³-hybridized carbons (Fsp3) is 0.216. The van der Waals surface area contributed by atoms with Gasteiger partial charge in [0, 0.05) is 0 Å². The van der Waals surface area contributed by atoms with E-state index in [1.54, 1.807) is 12.1 Å². The Bertz CT molecular complexity index is 4690. The molecule has 0 spiro atoms. The van der Waals surface area contributed by atoms with Crippen molar-refractivity contribution in [3.8, 4) is 0 Å². The van der Waals surface area contributed by atoms with Crippen LogP contribution in [0, 0.1) is 52.0 Å². The summed E-state index contributed by atoms with van der Waals surface area (Å²) in [6, 6.07) is 65.5. The van der Waals surface area contributed by atoms with Gasteiger partial charge in [0.15, 0.2) is 0 Å². The van der Waals surface area contributed by atoms with Crippen molar-refractivity contribution in [2.75, 3.05) is 76.9 Å². The first-order chi connectivity index (χ1) is 46.1. The maximum atomic E-state index is 9.27. The van der Waals surface area contributed by atoms with Gasteiger partial charge in [-0.25, -0.2) is 0 Å². The van der Waals surface area contributed by atoms with Crippen LogP contribution in [0.3, 0.4) is 0 Å². The molecular weight excluding hydrogens is 1420 g/mol. The maximum absolute atomic E-state index is 9.27. The van der Waals surface area contributed by atoms with Crippen LogP contribution in [0.2, 0.25) is 0 Å². The number of para-hydroxylation sites is 8. The molecule has 0 amide bonds. The van der Waals surface area contributed by atoms with Crippen molar-refractivity contribution in [3.05, 3.63) is 215 Å². The van der Waals surface area contributed by atoms with Gasteiger partial charge in [0.2, 0.25) is 0 Å². The van der Waals surface area contributed by atoms with E-state index in [2.05, 4.69) is 128 Å². The normalized spacial score (nSPS) is 18.7. The Kier molecular flexibility index (Phi) is 9.75. The van der Waals surface area contributed by atoms with Gasteiger partial charge in [0.25, 0.3) is 0 Å². The van der Waals surface area contributed by atoms with Crippen LogP contribution in [-0.4, -0.2) is 44.5 Å². The molecule has 0 unspecified atom stereocenters. The second kappa shape index (κ2) is 19.7. The molecule has 9 aromatic carbocycles. The van der Waals surface area contributed by atoms with E-state index in [1.165, 1.54) is 19.6 Å². The molecule has 0 atom stereocenters. The summed E-state index contributed by atoms with van der Waals surface area (Å²) < 4.78 is 113. The van der Waals surface area contributed by atoms with E-state index in [0.717, 1.165) is 44.8 Å². The standard InChI is InChI=1S/C74H68N10.2Pt/c1-49-50(2)72(84(58-28-24-26-56(42-58)80-46-76(12)64-30-16-20-34-68(64)80)62-40-54(74(8,9)10)38-60(44-62)82-48-78(14)66-32-18-22-36-70(66)82)52(4)51(3)71(49)83(57-27-23-25-55(41-57)79-45-75(11)63-29-15-19-33-67(63)79)61-39-53(73(5,6)7)37-59(43-61)81-47-77(13)65-31-17-21-35-69(65)81;;/h15-40H,1-14H3;;/q-4;;/i11D3,12D3,13D3,14D3;;. The molecule has 0 radical (unpaired) electrons. The summed E-state index contributed by atoms with van der Waals surface area (Å²) >= 11 is -3.50. The molecular formula is C74H68N10Pt2-4. The topological polar surface area (TPSA) is 32.4 Å². The second-order valence-electron chi connectivity index (χ2n) is 24.3. The van der Waals surface area contributed by atoms with E-state index in [9.17, 15) is 16.4 Å². The van der Waals surface area contributed by atoms with Gasteiger partial charge >= 0.3 is 543 Å². The summed E-state index contributed by atoms with van der Waals surface area (Å²) in [6.07, 6.45) is 0. The van der Waals surface area contributed by atoms with E-state index in [0.29, 0.717) is 108 Å². The summed E-state index contributed by atoms with van der Waals surface area (Å²) in [5, 5.41) is 0. The molecule has 0 saturated heterocycles. The first-order valence-electron chi connectivity index (χ1n) is 34.4. The van der Waals surface area contributed by atoms with Crippen LogP contribution in [0.15, 0.2) is 158 Å². The molecule has 12 heteroatoms. The van der Waals surface area contributed by atoms with Crippen LogP contribution in [0.25, 0.3) is 0 Å². The molecule has 0 saturated carbocycles. The van der Waals surface area contributed by atoms with E-state index >= 15 is 0 Å². The molecule has 0 aliphatic carbocycles. The Labute approximate surface area is 539 Å². The summed E-state index contributed by atoms with van der Waals surface area (Å²) in [5.74, 6) is 0. The zero-order chi connectivity index (χ0) is 69.6. The van der Waals surface area contributed by atoms with Gasteiger partial charge in [-0.1, -0.05) is 0 Å². The predicted molar refractivity (Wildman–Crippen MR) is 355 cm³/mol. The average molecular weight is 1500 g/mol. The van der Waals surface area contributed by atoms with Crippen LogP contribution in [0.4, 0.5) is 102 Å². The molecule has 0 aromatic heterocycles. The molecule has 10 nitrogen and oxygen atoms in total. The van der Waals surface area contributed by atoms with E-state index in [1.807, 2.05) is 141 Å². The number of nitrogens with zero attached hydrogens (tertiary/aromatic N) is 10. The number of rotatable bonds is 2. The van der Waals surface area contributed by atoms with Crippen molar-refractivity contribution in [3.63, 3.8) is 0 Å². The quantitative estimate of drug-likeness (QED) is 0.156.